The second-order valence-electron chi connectivity index (χ2n) is 6.25. The highest BCUT2D eigenvalue weighted by atomic mass is 35.5. The van der Waals surface area contributed by atoms with E-state index < -0.39 is 21.5 Å². The van der Waals surface area contributed by atoms with Crippen molar-refractivity contribution in [3.63, 3.8) is 0 Å². The van der Waals surface area contributed by atoms with E-state index in [1.165, 1.54) is 24.4 Å². The van der Waals surface area contributed by atoms with Gasteiger partial charge in [0.15, 0.2) is 0 Å². The van der Waals surface area contributed by atoms with Gasteiger partial charge in [-0.05, 0) is 48.0 Å². The number of halogens is 4. The second kappa shape index (κ2) is 7.37. The zero-order valence-corrected chi connectivity index (χ0v) is 16.9. The van der Waals surface area contributed by atoms with Crippen LogP contribution in [0.4, 0.5) is 8.78 Å². The van der Waals surface area contributed by atoms with Gasteiger partial charge in [0, 0.05) is 22.2 Å². The van der Waals surface area contributed by atoms with Crippen LogP contribution in [0.15, 0.2) is 76.7 Å². The first kappa shape index (κ1) is 19.8. The van der Waals surface area contributed by atoms with Crippen molar-refractivity contribution < 1.29 is 17.2 Å². The van der Waals surface area contributed by atoms with Gasteiger partial charge in [-0.15, -0.1) is 0 Å². The van der Waals surface area contributed by atoms with Crippen molar-refractivity contribution in [3.8, 4) is 11.1 Å². The topological polar surface area (TPSA) is 47.0 Å². The van der Waals surface area contributed by atoms with Crippen LogP contribution in [0.3, 0.4) is 0 Å². The molecule has 0 aliphatic carbocycles. The van der Waals surface area contributed by atoms with E-state index in [1.54, 1.807) is 24.3 Å². The number of fused-ring (bicyclic) bond motifs is 1. The molecule has 29 heavy (non-hydrogen) atoms. The van der Waals surface area contributed by atoms with E-state index in [4.69, 9.17) is 23.2 Å². The molecule has 0 amide bonds. The number of hydrogen-bond donors (Lipinski definition) is 0. The lowest BCUT2D eigenvalue weighted by Crippen LogP contribution is -2.06. The lowest BCUT2D eigenvalue weighted by atomic mass is 10.0. The summed E-state index contributed by atoms with van der Waals surface area (Å²) in [5, 5.41) is 0.587. The number of benzene rings is 3. The molecule has 146 valence electrons. The molecule has 0 aliphatic heterocycles. The minimum atomic E-state index is -4.14. The lowest BCUT2D eigenvalue weighted by Gasteiger charge is -2.14. The first-order valence-corrected chi connectivity index (χ1v) is 10.6. The highest BCUT2D eigenvalue weighted by molar-refractivity contribution is 7.91. The molecule has 0 bridgehead atoms. The average molecular weight is 450 g/mol. The van der Waals surface area contributed by atoms with E-state index in [-0.39, 0.29) is 20.4 Å². The van der Waals surface area contributed by atoms with Crippen LogP contribution in [-0.2, 0) is 9.84 Å². The van der Waals surface area contributed by atoms with Gasteiger partial charge in [0.1, 0.15) is 11.6 Å². The van der Waals surface area contributed by atoms with Crippen LogP contribution in [0.5, 0.6) is 0 Å². The molecule has 0 fully saturated rings. The fourth-order valence-electron chi connectivity index (χ4n) is 3.06. The van der Waals surface area contributed by atoms with Crippen LogP contribution in [0, 0.1) is 11.6 Å². The molecule has 3 nitrogen and oxygen atoms in total. The molecule has 0 aliphatic rings. The maximum absolute atomic E-state index is 13.9. The molecule has 1 heterocycles. The summed E-state index contributed by atoms with van der Waals surface area (Å²) in [6.45, 7) is 0. The van der Waals surface area contributed by atoms with E-state index in [2.05, 4.69) is 4.98 Å². The molecule has 4 rings (SSSR count). The van der Waals surface area contributed by atoms with Gasteiger partial charge < -0.3 is 0 Å². The predicted octanol–water partition coefficient (Wildman–Crippen LogP) is 6.32. The minimum absolute atomic E-state index is 0.152. The fourth-order valence-corrected chi connectivity index (χ4v) is 4.94. The SMILES string of the molecule is O=S(=O)(c1ccc(F)c(Cl)c1)c1cnc2cc(Cl)ccc2c1-c1cccc(F)c1. The van der Waals surface area contributed by atoms with E-state index in [9.17, 15) is 17.2 Å². The van der Waals surface area contributed by atoms with Crippen LogP contribution >= 0.6 is 23.2 Å². The number of rotatable bonds is 3. The van der Waals surface area contributed by atoms with Crippen LogP contribution in [0.25, 0.3) is 22.0 Å². The third-order valence-electron chi connectivity index (χ3n) is 4.40. The van der Waals surface area contributed by atoms with Gasteiger partial charge in [0.05, 0.1) is 20.3 Å². The summed E-state index contributed by atoms with van der Waals surface area (Å²) in [4.78, 5) is 3.87. The molecular formula is C21H11Cl2F2NO2S. The van der Waals surface area contributed by atoms with E-state index >= 15 is 0 Å². The molecule has 0 N–H and O–H groups in total. The van der Waals surface area contributed by atoms with Crippen molar-refractivity contribution in [2.45, 2.75) is 9.79 Å². The van der Waals surface area contributed by atoms with Crippen molar-refractivity contribution in [2.75, 3.05) is 0 Å². The minimum Gasteiger partial charge on any atom is -0.255 e. The van der Waals surface area contributed by atoms with Gasteiger partial charge in [0.25, 0.3) is 0 Å². The fraction of sp³-hybridized carbons (Fsp3) is 0. The maximum atomic E-state index is 13.9. The molecule has 0 saturated carbocycles. The number of nitrogens with zero attached hydrogens (tertiary/aromatic N) is 1. The number of hydrogen-bond acceptors (Lipinski definition) is 3. The highest BCUT2D eigenvalue weighted by Crippen LogP contribution is 2.37. The first-order chi connectivity index (χ1) is 13.8. The summed E-state index contributed by atoms with van der Waals surface area (Å²) in [6, 6.07) is 13.5. The van der Waals surface area contributed by atoms with Crippen molar-refractivity contribution in [1.82, 2.24) is 4.98 Å². The Kier molecular flexibility index (Phi) is 5.02. The average Bonchev–Trinajstić information content (AvgIpc) is 2.68. The Morgan fingerprint density at radius 1 is 0.897 bits per heavy atom. The number of aromatic nitrogens is 1. The van der Waals surface area contributed by atoms with Gasteiger partial charge in [-0.2, -0.15) is 0 Å². The molecule has 3 aromatic carbocycles. The van der Waals surface area contributed by atoms with Crippen LogP contribution in [0.2, 0.25) is 10.0 Å². The Hall–Kier alpha value is -2.54. The Labute approximate surface area is 175 Å². The quantitative estimate of drug-likeness (QED) is 0.343. The molecule has 0 spiro atoms. The van der Waals surface area contributed by atoms with E-state index in [1.807, 2.05) is 0 Å². The largest absolute Gasteiger partial charge is 0.255 e. The Morgan fingerprint density at radius 2 is 1.69 bits per heavy atom. The van der Waals surface area contributed by atoms with E-state index in [0.29, 0.717) is 21.5 Å². The maximum Gasteiger partial charge on any atom is 0.208 e. The zero-order valence-electron chi connectivity index (χ0n) is 14.5. The summed E-state index contributed by atoms with van der Waals surface area (Å²) < 4.78 is 54.1. The van der Waals surface area contributed by atoms with Gasteiger partial charge in [0.2, 0.25) is 9.84 Å². The molecular weight excluding hydrogens is 439 g/mol. The van der Waals surface area contributed by atoms with Crippen molar-refractivity contribution >= 4 is 43.9 Å². The third-order valence-corrected chi connectivity index (χ3v) is 6.69. The Balaban J connectivity index is 2.08. The first-order valence-electron chi connectivity index (χ1n) is 8.32. The Bertz CT molecular complexity index is 1370. The van der Waals surface area contributed by atoms with Crippen molar-refractivity contribution in [1.29, 1.82) is 0 Å². The summed E-state index contributed by atoms with van der Waals surface area (Å²) >= 11 is 11.8. The van der Waals surface area contributed by atoms with Gasteiger partial charge >= 0.3 is 0 Å². The molecule has 0 unspecified atom stereocenters. The van der Waals surface area contributed by atoms with Crippen LogP contribution in [0.1, 0.15) is 0 Å². The van der Waals surface area contributed by atoms with Gasteiger partial charge in [-0.3, -0.25) is 4.98 Å². The third kappa shape index (κ3) is 3.59. The standard InChI is InChI=1S/C21H11Cl2F2NO2S/c22-13-4-6-16-19(9-13)26-11-20(21(16)12-2-1-3-14(24)8-12)29(27,28)15-5-7-18(25)17(23)10-15/h1-11H. The summed E-state index contributed by atoms with van der Waals surface area (Å²) in [5.41, 5.74) is 1.07. The normalized spacial score (nSPS) is 11.7. The van der Waals surface area contributed by atoms with Gasteiger partial charge in [-0.25, -0.2) is 17.2 Å². The van der Waals surface area contributed by atoms with Crippen molar-refractivity contribution in [2.24, 2.45) is 0 Å². The second-order valence-corrected chi connectivity index (χ2v) is 9.01. The molecule has 0 saturated heterocycles. The summed E-state index contributed by atoms with van der Waals surface area (Å²) in [5.74, 6) is -1.25. The highest BCUT2D eigenvalue weighted by Gasteiger charge is 2.25. The smallest absolute Gasteiger partial charge is 0.208 e. The molecule has 8 heteroatoms. The van der Waals surface area contributed by atoms with Gasteiger partial charge in [-0.1, -0.05) is 41.4 Å². The molecule has 1 aromatic heterocycles. The summed E-state index contributed by atoms with van der Waals surface area (Å²) in [7, 11) is -4.14. The van der Waals surface area contributed by atoms with E-state index in [0.717, 1.165) is 18.2 Å². The summed E-state index contributed by atoms with van der Waals surface area (Å²) in [6.07, 6.45) is 1.19. The van der Waals surface area contributed by atoms with Crippen LogP contribution in [-0.4, -0.2) is 13.4 Å². The molecule has 4 aromatic rings. The monoisotopic (exact) mass is 449 g/mol. The molecule has 0 radical (unpaired) electrons. The number of sulfone groups is 1. The lowest BCUT2D eigenvalue weighted by molar-refractivity contribution is 0.594. The van der Waals surface area contributed by atoms with Crippen LogP contribution < -0.4 is 0 Å². The zero-order chi connectivity index (χ0) is 20.8. The Morgan fingerprint density at radius 3 is 2.41 bits per heavy atom. The predicted molar refractivity (Wildman–Crippen MR) is 109 cm³/mol. The number of pyridine rings is 1. The molecule has 0 atom stereocenters. The van der Waals surface area contributed by atoms with Crippen molar-refractivity contribution in [3.05, 3.63) is 88.5 Å².